The molecule has 0 saturated heterocycles. The zero-order valence-corrected chi connectivity index (χ0v) is 20.5. The number of aromatic nitrogens is 3. The van der Waals surface area contributed by atoms with Crippen LogP contribution in [0.4, 0.5) is 42.0 Å². The van der Waals surface area contributed by atoms with E-state index in [1.807, 2.05) is 0 Å². The number of methoxy groups -OCH3 is 1. The van der Waals surface area contributed by atoms with Crippen LogP contribution in [0.5, 0.6) is 11.6 Å². The minimum Gasteiger partial charge on any atom is -0.481 e. The molecule has 0 aliphatic carbocycles. The van der Waals surface area contributed by atoms with Crippen molar-refractivity contribution in [3.63, 3.8) is 0 Å². The number of pyridine rings is 1. The number of nitrogens with zero attached hydrogens (tertiary/aromatic N) is 3. The van der Waals surface area contributed by atoms with Gasteiger partial charge in [-0.05, 0) is 37.6 Å². The Morgan fingerprint density at radius 1 is 1.11 bits per heavy atom. The molecule has 0 fully saturated rings. The number of carbonyl (C=O) groups is 2. The Balaban J connectivity index is 2.03. The molecular weight excluding hydrogens is 507 g/mol. The van der Waals surface area contributed by atoms with Crippen LogP contribution in [0.15, 0.2) is 49.3 Å². The molecule has 0 aliphatic heterocycles. The topological polar surface area (TPSA) is 153 Å². The highest BCUT2D eigenvalue weighted by Gasteiger charge is 2.35. The van der Waals surface area contributed by atoms with Crippen LogP contribution in [0.2, 0.25) is 0 Å². The van der Waals surface area contributed by atoms with Gasteiger partial charge in [0.05, 0.1) is 24.2 Å². The van der Waals surface area contributed by atoms with Crippen LogP contribution in [0.3, 0.4) is 0 Å². The van der Waals surface area contributed by atoms with Gasteiger partial charge in [0.2, 0.25) is 17.7 Å². The fourth-order valence-electron chi connectivity index (χ4n) is 3.00. The lowest BCUT2D eigenvalue weighted by Crippen LogP contribution is -2.30. The summed E-state index contributed by atoms with van der Waals surface area (Å²) in [6.45, 7) is 6.52. The number of halogens is 3. The maximum Gasteiger partial charge on any atom is 0.421 e. The van der Waals surface area contributed by atoms with Crippen LogP contribution in [0, 0.1) is 6.92 Å². The first kappa shape index (κ1) is 27.7. The van der Waals surface area contributed by atoms with Gasteiger partial charge in [-0.3, -0.25) is 9.59 Å². The Labute approximate surface area is 215 Å². The zero-order valence-electron chi connectivity index (χ0n) is 20.5. The van der Waals surface area contributed by atoms with Gasteiger partial charge >= 0.3 is 6.18 Å². The monoisotopic (exact) mass is 531 g/mol. The third kappa shape index (κ3) is 6.87. The number of benzene rings is 1. The van der Waals surface area contributed by atoms with E-state index >= 15 is 0 Å². The van der Waals surface area contributed by atoms with Gasteiger partial charge in [-0.25, -0.2) is 9.97 Å². The lowest BCUT2D eigenvalue weighted by molar-refractivity contribution is -0.137. The molecular formula is C24H24F3N7O4. The second-order valence-electron chi connectivity index (χ2n) is 7.81. The molecule has 1 unspecified atom stereocenters. The van der Waals surface area contributed by atoms with Gasteiger partial charge in [0.25, 0.3) is 5.91 Å². The number of primary amides is 1. The Bertz CT molecular complexity index is 1370. The molecule has 0 aliphatic rings. The molecule has 3 rings (SSSR count). The van der Waals surface area contributed by atoms with E-state index in [1.165, 1.54) is 44.5 Å². The van der Waals surface area contributed by atoms with Crippen molar-refractivity contribution >= 4 is 40.6 Å². The van der Waals surface area contributed by atoms with Gasteiger partial charge in [0.15, 0.2) is 6.10 Å². The van der Waals surface area contributed by atoms with E-state index < -0.39 is 35.5 Å². The number of alkyl halides is 3. The van der Waals surface area contributed by atoms with Crippen LogP contribution >= 0.6 is 0 Å². The fraction of sp³-hybridized carbons (Fsp3) is 0.208. The molecule has 3 aromatic rings. The number of nitrogens with two attached hydrogens (primary N) is 1. The van der Waals surface area contributed by atoms with Crippen molar-refractivity contribution in [2.75, 3.05) is 23.1 Å². The van der Waals surface area contributed by atoms with Crippen molar-refractivity contribution in [2.24, 2.45) is 5.73 Å². The third-order valence-corrected chi connectivity index (χ3v) is 5.03. The summed E-state index contributed by atoms with van der Waals surface area (Å²) in [5, 5.41) is 7.93. The minimum atomic E-state index is -4.80. The lowest BCUT2D eigenvalue weighted by atomic mass is 10.2. The average Bonchev–Trinajstić information content (AvgIpc) is 2.86. The highest BCUT2D eigenvalue weighted by molar-refractivity contribution is 6.01. The van der Waals surface area contributed by atoms with E-state index in [-0.39, 0.29) is 29.0 Å². The number of aryl methyl sites for hydroxylation is 1. The van der Waals surface area contributed by atoms with Crippen molar-refractivity contribution in [1.29, 1.82) is 0 Å². The molecule has 2 amide bonds. The third-order valence-electron chi connectivity index (χ3n) is 5.03. The highest BCUT2D eigenvalue weighted by Crippen LogP contribution is 2.37. The first-order valence-corrected chi connectivity index (χ1v) is 10.9. The van der Waals surface area contributed by atoms with E-state index in [9.17, 15) is 22.8 Å². The van der Waals surface area contributed by atoms with Gasteiger partial charge in [0.1, 0.15) is 17.1 Å². The molecule has 1 aromatic carbocycles. The summed E-state index contributed by atoms with van der Waals surface area (Å²) < 4.78 is 51.9. The van der Waals surface area contributed by atoms with Crippen molar-refractivity contribution in [1.82, 2.24) is 15.0 Å². The van der Waals surface area contributed by atoms with E-state index in [1.54, 1.807) is 6.92 Å². The van der Waals surface area contributed by atoms with Crippen LogP contribution in [0.1, 0.15) is 18.1 Å². The molecule has 2 aromatic heterocycles. The van der Waals surface area contributed by atoms with Crippen LogP contribution < -0.4 is 31.2 Å². The summed E-state index contributed by atoms with van der Waals surface area (Å²) in [5.41, 5.74) is 5.25. The number of nitrogens with one attached hydrogen (secondary N) is 3. The standard InChI is InChI=1S/C24H24F3N7O4/c1-5-19(35)31-18-8-14(38-13(3)21(28)36)6-7-16(18)32-22-15(24(25,26)27)11-30-23(34-22)33-17-9-20(37-4)29-10-12(17)2/h5-11,13H,1H2,2-4H3,(H2,28,36)(H,31,35)(H2,29,30,32,33,34). The predicted octanol–water partition coefficient (Wildman–Crippen LogP) is 4.07. The number of anilines is 5. The highest BCUT2D eigenvalue weighted by atomic mass is 19.4. The van der Waals surface area contributed by atoms with Crippen molar-refractivity contribution in [3.8, 4) is 11.6 Å². The Hall–Kier alpha value is -4.88. The Morgan fingerprint density at radius 2 is 1.84 bits per heavy atom. The number of carbonyl (C=O) groups excluding carboxylic acids is 2. The zero-order chi connectivity index (χ0) is 28.0. The smallest absolute Gasteiger partial charge is 0.421 e. The average molecular weight is 531 g/mol. The van der Waals surface area contributed by atoms with Gasteiger partial charge in [0, 0.05) is 24.5 Å². The van der Waals surface area contributed by atoms with Gasteiger partial charge in [-0.1, -0.05) is 6.58 Å². The van der Waals surface area contributed by atoms with Crippen LogP contribution in [-0.2, 0) is 15.8 Å². The molecule has 200 valence electrons. The summed E-state index contributed by atoms with van der Waals surface area (Å²) in [4.78, 5) is 35.2. The van der Waals surface area contributed by atoms with E-state index in [4.69, 9.17) is 15.2 Å². The van der Waals surface area contributed by atoms with Crippen molar-refractivity contribution < 1.29 is 32.2 Å². The Morgan fingerprint density at radius 3 is 2.47 bits per heavy atom. The molecule has 1 atom stereocenters. The summed E-state index contributed by atoms with van der Waals surface area (Å²) in [7, 11) is 1.42. The van der Waals surface area contributed by atoms with E-state index in [0.29, 0.717) is 17.4 Å². The number of amides is 2. The van der Waals surface area contributed by atoms with Gasteiger partial charge in [-0.15, -0.1) is 0 Å². The SMILES string of the molecule is C=CC(=O)Nc1cc(OC(C)C(N)=O)ccc1Nc1nc(Nc2cc(OC)ncc2C)ncc1C(F)(F)F. The van der Waals surface area contributed by atoms with Gasteiger partial charge < -0.3 is 31.2 Å². The fourth-order valence-corrected chi connectivity index (χ4v) is 3.00. The van der Waals surface area contributed by atoms with Crippen molar-refractivity contribution in [3.05, 3.63) is 60.4 Å². The van der Waals surface area contributed by atoms with Crippen LogP contribution in [0.25, 0.3) is 0 Å². The lowest BCUT2D eigenvalue weighted by Gasteiger charge is -2.19. The first-order valence-electron chi connectivity index (χ1n) is 10.9. The summed E-state index contributed by atoms with van der Waals surface area (Å²) in [5.74, 6) is -1.72. The maximum atomic E-state index is 13.8. The normalized spacial score (nSPS) is 11.7. The summed E-state index contributed by atoms with van der Waals surface area (Å²) in [6, 6.07) is 5.57. The predicted molar refractivity (Wildman–Crippen MR) is 134 cm³/mol. The molecule has 5 N–H and O–H groups in total. The molecule has 14 heteroatoms. The largest absolute Gasteiger partial charge is 0.481 e. The Kier molecular flexibility index (Phi) is 8.35. The number of hydrogen-bond donors (Lipinski definition) is 4. The quantitative estimate of drug-likeness (QED) is 0.284. The molecule has 0 saturated carbocycles. The van der Waals surface area contributed by atoms with Crippen LogP contribution in [-0.4, -0.2) is 40.0 Å². The number of rotatable bonds is 10. The second kappa shape index (κ2) is 11.5. The number of ether oxygens (including phenoxy) is 2. The second-order valence-corrected chi connectivity index (χ2v) is 7.81. The number of hydrogen-bond acceptors (Lipinski definition) is 9. The van der Waals surface area contributed by atoms with Crippen molar-refractivity contribution in [2.45, 2.75) is 26.1 Å². The molecule has 2 heterocycles. The first-order chi connectivity index (χ1) is 17.9. The minimum absolute atomic E-state index is 0.0278. The van der Waals surface area contributed by atoms with Gasteiger partial charge in [-0.2, -0.15) is 18.2 Å². The van der Waals surface area contributed by atoms with E-state index in [0.717, 1.165) is 6.08 Å². The molecule has 0 radical (unpaired) electrons. The summed E-state index contributed by atoms with van der Waals surface area (Å²) in [6.07, 6.45) is -2.69. The summed E-state index contributed by atoms with van der Waals surface area (Å²) >= 11 is 0. The maximum absolute atomic E-state index is 13.8. The molecule has 0 bridgehead atoms. The molecule has 38 heavy (non-hydrogen) atoms. The van der Waals surface area contributed by atoms with E-state index in [2.05, 4.69) is 37.5 Å². The molecule has 11 nitrogen and oxygen atoms in total. The molecule has 0 spiro atoms.